The van der Waals surface area contributed by atoms with Gasteiger partial charge in [-0.15, -0.1) is 0 Å². The molecule has 1 heterocycles. The molecule has 1 aromatic heterocycles. The Balaban J connectivity index is 2.73. The highest BCUT2D eigenvalue weighted by Crippen LogP contribution is 2.23. The van der Waals surface area contributed by atoms with Gasteiger partial charge in [0.15, 0.2) is 0 Å². The van der Waals surface area contributed by atoms with Crippen molar-refractivity contribution >= 4 is 17.6 Å². The first-order valence-electron chi connectivity index (χ1n) is 5.13. The maximum Gasteiger partial charge on any atom is 0.324 e. The van der Waals surface area contributed by atoms with Crippen molar-refractivity contribution in [1.29, 1.82) is 0 Å². The van der Waals surface area contributed by atoms with Gasteiger partial charge >= 0.3 is 12.3 Å². The summed E-state index contributed by atoms with van der Waals surface area (Å²) in [5.74, 6) is -3.99. The van der Waals surface area contributed by atoms with Crippen LogP contribution in [0.2, 0.25) is 0 Å². The minimum atomic E-state index is -4.13. The summed E-state index contributed by atoms with van der Waals surface area (Å²) >= 11 is 0. The van der Waals surface area contributed by atoms with Gasteiger partial charge in [0, 0.05) is 12.6 Å². The van der Waals surface area contributed by atoms with Crippen LogP contribution in [-0.2, 0) is 0 Å². The Labute approximate surface area is 101 Å². The number of anilines is 3. The molecule has 102 valence electrons. The monoisotopic (exact) mass is 267 g/mol. The molecule has 1 rings (SSSR count). The summed E-state index contributed by atoms with van der Waals surface area (Å²) in [4.78, 5) is 7.40. The van der Waals surface area contributed by atoms with Crippen molar-refractivity contribution in [2.75, 3.05) is 29.5 Å². The van der Waals surface area contributed by atoms with Crippen LogP contribution in [0, 0.1) is 0 Å². The molecule has 18 heavy (non-hydrogen) atoms. The molecule has 0 aromatic carbocycles. The average molecular weight is 267 g/mol. The molecule has 0 aliphatic carbocycles. The second-order valence-corrected chi connectivity index (χ2v) is 3.44. The molecule has 0 fully saturated rings. The van der Waals surface area contributed by atoms with Gasteiger partial charge in [-0.3, -0.25) is 0 Å². The van der Waals surface area contributed by atoms with Crippen molar-refractivity contribution in [3.63, 3.8) is 0 Å². The normalized spacial score (nSPS) is 11.7. The molecule has 9 heteroatoms. The second kappa shape index (κ2) is 5.69. The molecule has 5 nitrogen and oxygen atoms in total. The van der Waals surface area contributed by atoms with Gasteiger partial charge in [-0.25, -0.2) is 8.78 Å². The lowest BCUT2D eigenvalue weighted by Crippen LogP contribution is -2.35. The van der Waals surface area contributed by atoms with Gasteiger partial charge in [0.25, 0.3) is 0 Å². The highest BCUT2D eigenvalue weighted by atomic mass is 19.3. The number of nitrogens with zero attached hydrogens (tertiary/aromatic N) is 2. The van der Waals surface area contributed by atoms with E-state index in [0.29, 0.717) is 12.4 Å². The van der Waals surface area contributed by atoms with Crippen LogP contribution < -0.4 is 16.4 Å². The molecule has 1 aromatic rings. The highest BCUT2D eigenvalue weighted by Gasteiger charge is 2.40. The largest absolute Gasteiger partial charge is 0.370 e. The summed E-state index contributed by atoms with van der Waals surface area (Å²) in [6.07, 6.45) is -3.74. The van der Waals surface area contributed by atoms with Crippen LogP contribution in [0.1, 0.15) is 6.92 Å². The Morgan fingerprint density at radius 1 is 1.28 bits per heavy atom. The number of nitrogen functional groups attached to an aromatic ring is 1. The SMILES string of the molecule is CCNc1cc(NCC(F)(F)C(F)F)nc(N)n1. The number of nitrogens with one attached hydrogen (secondary N) is 2. The number of hydrogen-bond donors (Lipinski definition) is 3. The van der Waals surface area contributed by atoms with Gasteiger partial charge in [-0.2, -0.15) is 18.7 Å². The Morgan fingerprint density at radius 3 is 2.33 bits per heavy atom. The fourth-order valence-electron chi connectivity index (χ4n) is 1.11. The van der Waals surface area contributed by atoms with Crippen molar-refractivity contribution in [1.82, 2.24) is 9.97 Å². The van der Waals surface area contributed by atoms with E-state index in [1.807, 2.05) is 0 Å². The van der Waals surface area contributed by atoms with E-state index in [0.717, 1.165) is 0 Å². The van der Waals surface area contributed by atoms with Gasteiger partial charge < -0.3 is 16.4 Å². The lowest BCUT2D eigenvalue weighted by molar-refractivity contribution is -0.117. The number of alkyl halides is 4. The number of halogens is 4. The summed E-state index contributed by atoms with van der Waals surface area (Å²) in [5.41, 5.74) is 5.35. The second-order valence-electron chi connectivity index (χ2n) is 3.44. The van der Waals surface area contributed by atoms with E-state index in [9.17, 15) is 17.6 Å². The Hall–Kier alpha value is -1.80. The number of aromatic nitrogens is 2. The van der Waals surface area contributed by atoms with E-state index in [-0.39, 0.29) is 11.8 Å². The maximum absolute atomic E-state index is 12.7. The van der Waals surface area contributed by atoms with E-state index in [4.69, 9.17) is 5.73 Å². The van der Waals surface area contributed by atoms with E-state index in [1.54, 1.807) is 6.92 Å². The standard InChI is InChI=1S/C9H13F4N5/c1-2-15-5-3-6(18-8(14)17-5)16-4-9(12,13)7(10)11/h3,7H,2,4H2,1H3,(H4,14,15,16,17,18). The zero-order chi connectivity index (χ0) is 13.8. The van der Waals surface area contributed by atoms with Crippen molar-refractivity contribution < 1.29 is 17.6 Å². The summed E-state index contributed by atoms with van der Waals surface area (Å²) in [6, 6.07) is 1.31. The molecule has 0 spiro atoms. The fraction of sp³-hybridized carbons (Fsp3) is 0.556. The summed E-state index contributed by atoms with van der Waals surface area (Å²) in [5, 5.41) is 4.91. The van der Waals surface area contributed by atoms with E-state index < -0.39 is 18.9 Å². The first kappa shape index (κ1) is 14.3. The number of nitrogens with two attached hydrogens (primary N) is 1. The van der Waals surface area contributed by atoms with E-state index in [2.05, 4.69) is 20.6 Å². The molecule has 0 aliphatic rings. The molecule has 0 aliphatic heterocycles. The Kier molecular flexibility index (Phi) is 4.51. The average Bonchev–Trinajstić information content (AvgIpc) is 2.26. The maximum atomic E-state index is 12.7. The molecule has 4 N–H and O–H groups in total. The van der Waals surface area contributed by atoms with E-state index in [1.165, 1.54) is 6.07 Å². The lowest BCUT2D eigenvalue weighted by Gasteiger charge is -2.16. The lowest BCUT2D eigenvalue weighted by atomic mass is 10.3. The third kappa shape index (κ3) is 3.90. The predicted molar refractivity (Wildman–Crippen MR) is 60.0 cm³/mol. The van der Waals surface area contributed by atoms with Gasteiger partial charge in [-0.05, 0) is 6.92 Å². The molecule has 0 saturated carbocycles. The van der Waals surface area contributed by atoms with Gasteiger partial charge in [0.05, 0.1) is 6.54 Å². The molecule has 0 bridgehead atoms. The molecule has 0 atom stereocenters. The molecule has 0 saturated heterocycles. The van der Waals surface area contributed by atoms with Crippen molar-refractivity contribution in [3.05, 3.63) is 6.07 Å². The molecular weight excluding hydrogens is 254 g/mol. The van der Waals surface area contributed by atoms with Crippen molar-refractivity contribution in [2.45, 2.75) is 19.3 Å². The molecule has 0 radical (unpaired) electrons. The smallest absolute Gasteiger partial charge is 0.324 e. The van der Waals surface area contributed by atoms with Gasteiger partial charge in [0.1, 0.15) is 11.6 Å². The quantitative estimate of drug-likeness (QED) is 0.685. The van der Waals surface area contributed by atoms with Crippen LogP contribution in [0.3, 0.4) is 0 Å². The zero-order valence-electron chi connectivity index (χ0n) is 9.55. The minimum absolute atomic E-state index is 0.0428. The van der Waals surface area contributed by atoms with Crippen LogP contribution in [-0.4, -0.2) is 35.4 Å². The third-order valence-electron chi connectivity index (χ3n) is 1.93. The number of rotatable bonds is 6. The van der Waals surface area contributed by atoms with E-state index >= 15 is 0 Å². The summed E-state index contributed by atoms with van der Waals surface area (Å²) < 4.78 is 49.2. The zero-order valence-corrected chi connectivity index (χ0v) is 9.55. The summed E-state index contributed by atoms with van der Waals surface area (Å²) in [7, 11) is 0. The fourth-order valence-corrected chi connectivity index (χ4v) is 1.11. The minimum Gasteiger partial charge on any atom is -0.370 e. The first-order chi connectivity index (χ1) is 8.35. The van der Waals surface area contributed by atoms with Crippen molar-refractivity contribution in [3.8, 4) is 0 Å². The van der Waals surface area contributed by atoms with Gasteiger partial charge in [0.2, 0.25) is 5.95 Å². The topological polar surface area (TPSA) is 75.9 Å². The Bertz CT molecular complexity index is 399. The van der Waals surface area contributed by atoms with Crippen LogP contribution in [0.25, 0.3) is 0 Å². The van der Waals surface area contributed by atoms with Gasteiger partial charge in [-0.1, -0.05) is 0 Å². The Morgan fingerprint density at radius 2 is 1.83 bits per heavy atom. The highest BCUT2D eigenvalue weighted by molar-refractivity contribution is 5.51. The third-order valence-corrected chi connectivity index (χ3v) is 1.93. The predicted octanol–water partition coefficient (Wildman–Crippen LogP) is 1.80. The molecular formula is C9H13F4N5. The number of hydrogen-bond acceptors (Lipinski definition) is 5. The molecule has 0 unspecified atom stereocenters. The van der Waals surface area contributed by atoms with Crippen molar-refractivity contribution in [2.24, 2.45) is 0 Å². The van der Waals surface area contributed by atoms with Crippen LogP contribution in [0.15, 0.2) is 6.07 Å². The van der Waals surface area contributed by atoms with Crippen LogP contribution in [0.5, 0.6) is 0 Å². The van der Waals surface area contributed by atoms with Crippen LogP contribution in [0.4, 0.5) is 35.1 Å². The summed E-state index contributed by atoms with van der Waals surface area (Å²) in [6.45, 7) is 1.12. The molecule has 0 amide bonds. The van der Waals surface area contributed by atoms with Crippen LogP contribution >= 0.6 is 0 Å². The first-order valence-corrected chi connectivity index (χ1v) is 5.13.